The lowest BCUT2D eigenvalue weighted by Gasteiger charge is -2.38. The summed E-state index contributed by atoms with van der Waals surface area (Å²) in [7, 11) is 0. The number of hydrogen-bond donors (Lipinski definition) is 5. The van der Waals surface area contributed by atoms with Crippen molar-refractivity contribution in [2.24, 2.45) is 5.41 Å². The molecule has 0 radical (unpaired) electrons. The lowest BCUT2D eigenvalue weighted by Crippen LogP contribution is -2.57. The fraction of sp³-hybridized carbons (Fsp3) is 0.453. The first-order chi connectivity index (χ1) is 33.1. The summed E-state index contributed by atoms with van der Waals surface area (Å²) < 4.78 is 6.47. The molecule has 5 atom stereocenters. The Kier molecular flexibility index (Phi) is 17.0. The number of nitrogens with one attached hydrogen (secondary N) is 2. The predicted molar refractivity (Wildman–Crippen MR) is 267 cm³/mol. The Bertz CT molecular complexity index is 2530. The van der Waals surface area contributed by atoms with Crippen LogP contribution in [0.25, 0.3) is 21.7 Å². The minimum atomic E-state index is -0.885. The Morgan fingerprint density at radius 1 is 0.870 bits per heavy atom. The van der Waals surface area contributed by atoms with E-state index in [9.17, 15) is 29.4 Å². The number of nitrogens with two attached hydrogens (primary N) is 1. The average molecular weight is 959 g/mol. The number of piperidine rings is 1. The molecule has 2 fully saturated rings. The maximum atomic E-state index is 14.1. The van der Waals surface area contributed by atoms with Crippen LogP contribution < -0.4 is 21.1 Å². The van der Waals surface area contributed by atoms with Gasteiger partial charge in [0.2, 0.25) is 23.6 Å². The highest BCUT2D eigenvalue weighted by atomic mass is 32.1. The maximum absolute atomic E-state index is 14.1. The number of nitrogens with zero attached hydrogens (tertiary/aromatic N) is 5. The van der Waals surface area contributed by atoms with E-state index in [0.717, 1.165) is 59.4 Å². The number of aromatic hydroxyl groups is 1. The third-order valence-electron chi connectivity index (χ3n) is 13.1. The van der Waals surface area contributed by atoms with Crippen LogP contribution in [-0.2, 0) is 25.7 Å². The number of hydrogen-bond acceptors (Lipinski definition) is 12. The van der Waals surface area contributed by atoms with Crippen LogP contribution in [0.15, 0.2) is 90.4 Å². The first kappa shape index (κ1) is 50.5. The minimum Gasteiger partial charge on any atom is -0.507 e. The first-order valence-electron chi connectivity index (χ1n) is 24.1. The van der Waals surface area contributed by atoms with Crippen LogP contribution in [0.3, 0.4) is 0 Å². The largest absolute Gasteiger partial charge is 0.507 e. The van der Waals surface area contributed by atoms with E-state index in [1.165, 1.54) is 4.90 Å². The molecule has 5 aromatic rings. The number of benzene rings is 3. The lowest BCUT2D eigenvalue weighted by molar-refractivity contribution is -0.144. The summed E-state index contributed by atoms with van der Waals surface area (Å²) in [5.41, 5.74) is 12.4. The van der Waals surface area contributed by atoms with E-state index in [-0.39, 0.29) is 73.1 Å². The van der Waals surface area contributed by atoms with E-state index in [0.29, 0.717) is 49.4 Å². The van der Waals surface area contributed by atoms with Gasteiger partial charge in [-0.2, -0.15) is 0 Å². The second-order valence-electron chi connectivity index (χ2n) is 19.4. The zero-order chi connectivity index (χ0) is 49.1. The minimum absolute atomic E-state index is 0.0124. The highest BCUT2D eigenvalue weighted by Crippen LogP contribution is 2.35. The van der Waals surface area contributed by atoms with Gasteiger partial charge in [0.15, 0.2) is 11.6 Å². The van der Waals surface area contributed by atoms with Crippen LogP contribution in [0.2, 0.25) is 0 Å². The second-order valence-corrected chi connectivity index (χ2v) is 20.3. The molecule has 16 heteroatoms. The number of anilines is 1. The maximum Gasteiger partial charge on any atom is 0.246 e. The number of aryl methyl sites for hydroxylation is 1. The van der Waals surface area contributed by atoms with E-state index >= 15 is 0 Å². The Balaban J connectivity index is 0.839. The normalized spacial score (nSPS) is 18.7. The fourth-order valence-electron chi connectivity index (χ4n) is 9.23. The number of carbonyl (C=O) groups is 4. The number of aromatic nitrogens is 3. The molecular formula is C53H66N8O7S. The van der Waals surface area contributed by atoms with Crippen LogP contribution in [0.5, 0.6) is 11.5 Å². The van der Waals surface area contributed by atoms with Crippen LogP contribution >= 0.6 is 11.3 Å². The fourth-order valence-corrected chi connectivity index (χ4v) is 10.0. The number of amides is 4. The molecule has 0 spiro atoms. The monoisotopic (exact) mass is 958 g/mol. The van der Waals surface area contributed by atoms with Crippen molar-refractivity contribution in [3.63, 3.8) is 0 Å². The van der Waals surface area contributed by atoms with Gasteiger partial charge in [-0.1, -0.05) is 113 Å². The zero-order valence-corrected chi connectivity index (χ0v) is 40.9. The topological polar surface area (TPSA) is 213 Å². The van der Waals surface area contributed by atoms with E-state index in [1.54, 1.807) is 41.7 Å². The van der Waals surface area contributed by atoms with Gasteiger partial charge >= 0.3 is 0 Å². The van der Waals surface area contributed by atoms with Gasteiger partial charge in [0, 0.05) is 56.4 Å². The summed E-state index contributed by atoms with van der Waals surface area (Å²) >= 11 is 1.58. The van der Waals surface area contributed by atoms with Crippen LogP contribution in [0.4, 0.5) is 5.82 Å². The van der Waals surface area contributed by atoms with Crippen molar-refractivity contribution in [2.75, 3.05) is 25.4 Å². The average Bonchev–Trinajstić information content (AvgIpc) is 3.96. The molecule has 6 N–H and O–H groups in total. The smallest absolute Gasteiger partial charge is 0.246 e. The Morgan fingerprint density at radius 3 is 2.26 bits per heavy atom. The highest BCUT2D eigenvalue weighted by Gasteiger charge is 2.44. The molecular weight excluding hydrogens is 893 g/mol. The predicted octanol–water partition coefficient (Wildman–Crippen LogP) is 7.56. The number of para-hydroxylation sites is 1. The van der Waals surface area contributed by atoms with Gasteiger partial charge in [-0.3, -0.25) is 19.2 Å². The molecule has 0 saturated carbocycles. The third kappa shape index (κ3) is 13.4. The number of ether oxygens (including phenoxy) is 1. The number of phenols is 1. The molecule has 69 heavy (non-hydrogen) atoms. The molecule has 2 aliphatic rings. The van der Waals surface area contributed by atoms with Gasteiger partial charge in [0.1, 0.15) is 29.6 Å². The summed E-state index contributed by atoms with van der Waals surface area (Å²) in [4.78, 5) is 63.3. The lowest BCUT2D eigenvalue weighted by atomic mass is 9.85. The molecule has 0 bridgehead atoms. The van der Waals surface area contributed by atoms with E-state index < -0.39 is 23.6 Å². The summed E-state index contributed by atoms with van der Waals surface area (Å²) in [5.74, 6) is -0.282. The van der Waals surface area contributed by atoms with Crippen molar-refractivity contribution in [1.82, 2.24) is 35.6 Å². The van der Waals surface area contributed by atoms with Crippen molar-refractivity contribution < 1.29 is 34.1 Å². The van der Waals surface area contributed by atoms with E-state index in [2.05, 4.69) is 37.9 Å². The number of thiazole rings is 1. The van der Waals surface area contributed by atoms with Crippen molar-refractivity contribution in [2.45, 2.75) is 129 Å². The van der Waals surface area contributed by atoms with Crippen molar-refractivity contribution in [3.05, 3.63) is 107 Å². The molecule has 15 nitrogen and oxygen atoms in total. The van der Waals surface area contributed by atoms with Crippen LogP contribution in [-0.4, -0.2) is 103 Å². The number of rotatable bonds is 19. The Morgan fingerprint density at radius 2 is 1.57 bits per heavy atom. The summed E-state index contributed by atoms with van der Waals surface area (Å²) in [6.45, 7) is 8.88. The van der Waals surface area contributed by atoms with Gasteiger partial charge in [0.25, 0.3) is 0 Å². The molecule has 7 rings (SSSR count). The number of likely N-dealkylation sites (tertiary alicyclic amines) is 2. The number of phenolic OH excluding ortho intramolecular Hbond substituents is 1. The molecule has 2 saturated heterocycles. The summed E-state index contributed by atoms with van der Waals surface area (Å²) in [6, 6.07) is 24.8. The van der Waals surface area contributed by atoms with Crippen molar-refractivity contribution >= 4 is 40.8 Å². The molecule has 366 valence electrons. The number of unbranched alkanes of at least 4 members (excludes halogenated alkanes) is 5. The van der Waals surface area contributed by atoms with Crippen LogP contribution in [0, 0.1) is 12.3 Å². The number of β-amino-alcohol motifs (C(OH)–C–C–N with tert-alkyl or cyclic N) is 1. The molecule has 2 aliphatic heterocycles. The molecule has 2 unspecified atom stereocenters. The molecule has 2 aromatic heterocycles. The van der Waals surface area contributed by atoms with E-state index in [4.69, 9.17) is 10.5 Å². The Labute approximate surface area is 408 Å². The quantitative estimate of drug-likeness (QED) is 0.0510. The van der Waals surface area contributed by atoms with Gasteiger partial charge < -0.3 is 41.1 Å². The third-order valence-corrected chi connectivity index (χ3v) is 14.0. The van der Waals surface area contributed by atoms with Crippen molar-refractivity contribution in [3.8, 4) is 33.2 Å². The molecule has 4 amide bonds. The van der Waals surface area contributed by atoms with Gasteiger partial charge in [-0.05, 0) is 60.4 Å². The zero-order valence-electron chi connectivity index (χ0n) is 40.1. The highest BCUT2D eigenvalue weighted by molar-refractivity contribution is 7.13. The van der Waals surface area contributed by atoms with Gasteiger partial charge in [0.05, 0.1) is 28.7 Å². The van der Waals surface area contributed by atoms with Crippen molar-refractivity contribution in [1.29, 1.82) is 0 Å². The van der Waals surface area contributed by atoms with E-state index in [1.807, 2.05) is 80.6 Å². The molecule has 3 aromatic carbocycles. The standard InChI is InChI=1S/C53H66N8O7S/c1-34-48(69-33-56-34)37-24-22-35(23-25-37)29-55-51(66)43-27-39(62)31-61(43)52(67)49(53(2,3)4)57-46(64)20-12-7-5-6-8-13-21-47(65)60-30-38(36-16-10-9-11-17-36)26-40(32-60)68-45-28-42(58-59-50(45)54)41-18-14-15-19-44(41)63/h9-11,14-19,22-25,28,33,38-40,43,49,62-63H,5-8,12-13,20-21,26-27,29-32H2,1-4H3,(H2,54,59)(H,55,66)(H,57,64)/t38?,39-,40?,43+,49-/m1/s1. The Hall–Kier alpha value is -6.39. The number of nitrogen functional groups attached to an aromatic ring is 1. The second kappa shape index (κ2) is 23.3. The number of aliphatic hydroxyl groups excluding tert-OH is 1. The molecule has 4 heterocycles. The number of carbonyl (C=O) groups excluding carboxylic acids is 4. The van der Waals surface area contributed by atoms with Gasteiger partial charge in [-0.15, -0.1) is 21.5 Å². The van der Waals surface area contributed by atoms with Crippen LogP contribution in [0.1, 0.15) is 108 Å². The summed E-state index contributed by atoms with van der Waals surface area (Å²) in [5, 5.41) is 35.2. The van der Waals surface area contributed by atoms with Gasteiger partial charge in [-0.25, -0.2) is 4.98 Å². The number of aliphatic hydroxyl groups is 1. The SMILES string of the molecule is Cc1ncsc1-c1ccc(CNC(=O)[C@@H]2C[C@@H](O)CN2C(=O)[C@@H](NC(=O)CCCCCCCCC(=O)N2CC(Oc3cc(-c4ccccc4O)nnc3N)CC(c3ccccc3)C2)C(C)(C)C)cc1. The summed E-state index contributed by atoms with van der Waals surface area (Å²) in [6.07, 6.45) is 5.18. The first-order valence-corrected chi connectivity index (χ1v) is 25.0. The molecule has 0 aliphatic carbocycles.